The number of aromatic nitrogens is 1. The summed E-state index contributed by atoms with van der Waals surface area (Å²) < 4.78 is 13.2. The highest BCUT2D eigenvalue weighted by Gasteiger charge is 2.12. The van der Waals surface area contributed by atoms with Gasteiger partial charge in [0.15, 0.2) is 0 Å². The molecule has 106 valence electrons. The van der Waals surface area contributed by atoms with Crippen LogP contribution >= 0.6 is 0 Å². The van der Waals surface area contributed by atoms with Gasteiger partial charge in [0.2, 0.25) is 5.91 Å². The minimum Gasteiger partial charge on any atom is -0.362 e. The van der Waals surface area contributed by atoms with Gasteiger partial charge in [-0.25, -0.2) is 4.39 Å². The predicted octanol–water partition coefficient (Wildman–Crippen LogP) is 2.34. The van der Waals surface area contributed by atoms with Crippen LogP contribution < -0.4 is 10.2 Å². The Kier molecular flexibility index (Phi) is 4.50. The Labute approximate surface area is 117 Å². The Morgan fingerprint density at radius 2 is 2.15 bits per heavy atom. The van der Waals surface area contributed by atoms with Gasteiger partial charge < -0.3 is 10.2 Å². The molecule has 5 heteroatoms. The summed E-state index contributed by atoms with van der Waals surface area (Å²) in [4.78, 5) is 17.9. The zero-order valence-electron chi connectivity index (χ0n) is 11.7. The van der Waals surface area contributed by atoms with E-state index in [9.17, 15) is 9.18 Å². The Hall–Kier alpha value is -2.17. The fraction of sp³-hybridized carbons (Fsp3) is 0.333. The number of fused-ring (bicyclic) bond motifs is 1. The summed E-state index contributed by atoms with van der Waals surface area (Å²) in [6.45, 7) is 5.45. The Morgan fingerprint density at radius 3 is 2.85 bits per heavy atom. The van der Waals surface area contributed by atoms with Crippen LogP contribution in [0.2, 0.25) is 0 Å². The van der Waals surface area contributed by atoms with Gasteiger partial charge in [0.1, 0.15) is 5.82 Å². The number of hydrogen-bond acceptors (Lipinski definition) is 3. The molecule has 0 unspecified atom stereocenters. The summed E-state index contributed by atoms with van der Waals surface area (Å²) in [5.41, 5.74) is 1.49. The first-order chi connectivity index (χ1) is 9.65. The van der Waals surface area contributed by atoms with E-state index in [2.05, 4.69) is 10.3 Å². The average Bonchev–Trinajstić information content (AvgIpc) is 2.44. The second-order valence-electron chi connectivity index (χ2n) is 4.46. The molecule has 0 atom stereocenters. The third-order valence-electron chi connectivity index (χ3n) is 3.11. The van der Waals surface area contributed by atoms with E-state index < -0.39 is 0 Å². The number of nitrogens with one attached hydrogen (secondary N) is 1. The minimum atomic E-state index is -0.311. The van der Waals surface area contributed by atoms with Crippen LogP contribution in [0.25, 0.3) is 10.9 Å². The van der Waals surface area contributed by atoms with Gasteiger partial charge in [-0.15, -0.1) is 0 Å². The fourth-order valence-corrected chi connectivity index (χ4v) is 2.18. The van der Waals surface area contributed by atoms with E-state index in [4.69, 9.17) is 0 Å². The lowest BCUT2D eigenvalue weighted by Crippen LogP contribution is -2.37. The molecule has 1 aromatic carbocycles. The maximum Gasteiger partial charge on any atom is 0.239 e. The molecule has 0 fully saturated rings. The number of amides is 1. The van der Waals surface area contributed by atoms with E-state index in [1.807, 2.05) is 24.8 Å². The molecule has 0 aliphatic carbocycles. The van der Waals surface area contributed by atoms with Gasteiger partial charge in [0.05, 0.1) is 12.1 Å². The van der Waals surface area contributed by atoms with E-state index >= 15 is 0 Å². The van der Waals surface area contributed by atoms with Crippen molar-refractivity contribution < 1.29 is 9.18 Å². The number of pyridine rings is 1. The highest BCUT2D eigenvalue weighted by Crippen LogP contribution is 2.25. The first-order valence-electron chi connectivity index (χ1n) is 6.71. The van der Waals surface area contributed by atoms with Gasteiger partial charge in [-0.2, -0.15) is 0 Å². The van der Waals surface area contributed by atoms with Crippen molar-refractivity contribution in [3.63, 3.8) is 0 Å². The molecule has 1 N–H and O–H groups in total. The van der Waals surface area contributed by atoms with E-state index in [1.165, 1.54) is 12.1 Å². The molecule has 1 heterocycles. The number of nitrogens with zero attached hydrogens (tertiary/aromatic N) is 2. The normalized spacial score (nSPS) is 10.6. The SMILES string of the molecule is CCNC(=O)CN(CC)c1ccnc2cc(F)ccc12. The molecule has 2 rings (SSSR count). The zero-order valence-corrected chi connectivity index (χ0v) is 11.7. The van der Waals surface area contributed by atoms with Gasteiger partial charge in [0.25, 0.3) is 0 Å². The van der Waals surface area contributed by atoms with E-state index in [1.54, 1.807) is 12.3 Å². The maximum atomic E-state index is 13.2. The third kappa shape index (κ3) is 3.04. The third-order valence-corrected chi connectivity index (χ3v) is 3.11. The number of carbonyl (C=O) groups is 1. The number of carbonyl (C=O) groups excluding carboxylic acids is 1. The Morgan fingerprint density at radius 1 is 1.35 bits per heavy atom. The Balaban J connectivity index is 2.36. The fourth-order valence-electron chi connectivity index (χ4n) is 2.18. The van der Waals surface area contributed by atoms with Crippen LogP contribution in [0.15, 0.2) is 30.5 Å². The highest BCUT2D eigenvalue weighted by atomic mass is 19.1. The Bertz CT molecular complexity index is 615. The zero-order chi connectivity index (χ0) is 14.5. The van der Waals surface area contributed by atoms with Crippen LogP contribution in [0.1, 0.15) is 13.8 Å². The lowest BCUT2D eigenvalue weighted by Gasteiger charge is -2.23. The molecule has 1 aromatic heterocycles. The van der Waals surface area contributed by atoms with E-state index in [0.29, 0.717) is 18.6 Å². The molecule has 1 amide bonds. The average molecular weight is 275 g/mol. The number of rotatable bonds is 5. The lowest BCUT2D eigenvalue weighted by molar-refractivity contribution is -0.119. The van der Waals surface area contributed by atoms with Crippen molar-refractivity contribution in [1.82, 2.24) is 10.3 Å². The molecule has 0 aliphatic heterocycles. The minimum absolute atomic E-state index is 0.0265. The molecular weight excluding hydrogens is 257 g/mol. The summed E-state index contributed by atoms with van der Waals surface area (Å²) in [5, 5.41) is 3.63. The second-order valence-corrected chi connectivity index (χ2v) is 4.46. The number of benzene rings is 1. The molecular formula is C15H18FN3O. The summed E-state index contributed by atoms with van der Waals surface area (Å²) in [5.74, 6) is -0.338. The molecule has 0 radical (unpaired) electrons. The summed E-state index contributed by atoms with van der Waals surface area (Å²) >= 11 is 0. The number of likely N-dealkylation sites (N-methyl/N-ethyl adjacent to an activating group) is 2. The summed E-state index contributed by atoms with van der Waals surface area (Å²) in [7, 11) is 0. The van der Waals surface area contributed by atoms with Gasteiger partial charge in [0, 0.05) is 36.4 Å². The van der Waals surface area contributed by atoms with Crippen molar-refractivity contribution in [3.05, 3.63) is 36.3 Å². The number of hydrogen-bond donors (Lipinski definition) is 1. The highest BCUT2D eigenvalue weighted by molar-refractivity contribution is 5.93. The molecule has 2 aromatic rings. The van der Waals surface area contributed by atoms with Crippen LogP contribution in [-0.4, -0.2) is 30.5 Å². The first kappa shape index (κ1) is 14.2. The van der Waals surface area contributed by atoms with Crippen LogP contribution in [0.4, 0.5) is 10.1 Å². The number of anilines is 1. The smallest absolute Gasteiger partial charge is 0.239 e. The van der Waals surface area contributed by atoms with Crippen molar-refractivity contribution in [2.24, 2.45) is 0 Å². The molecule has 20 heavy (non-hydrogen) atoms. The van der Waals surface area contributed by atoms with Crippen molar-refractivity contribution in [1.29, 1.82) is 0 Å². The van der Waals surface area contributed by atoms with Gasteiger partial charge in [-0.3, -0.25) is 9.78 Å². The molecule has 0 saturated carbocycles. The van der Waals surface area contributed by atoms with Crippen molar-refractivity contribution in [3.8, 4) is 0 Å². The second kappa shape index (κ2) is 6.32. The van der Waals surface area contributed by atoms with Crippen molar-refractivity contribution in [2.75, 3.05) is 24.5 Å². The van der Waals surface area contributed by atoms with Gasteiger partial charge in [-0.1, -0.05) is 0 Å². The topological polar surface area (TPSA) is 45.2 Å². The van der Waals surface area contributed by atoms with Crippen molar-refractivity contribution >= 4 is 22.5 Å². The number of halogens is 1. The van der Waals surface area contributed by atoms with E-state index in [0.717, 1.165) is 11.1 Å². The predicted molar refractivity (Wildman–Crippen MR) is 78.3 cm³/mol. The van der Waals surface area contributed by atoms with Crippen LogP contribution in [0.5, 0.6) is 0 Å². The monoisotopic (exact) mass is 275 g/mol. The van der Waals surface area contributed by atoms with Gasteiger partial charge >= 0.3 is 0 Å². The van der Waals surface area contributed by atoms with Crippen LogP contribution in [0, 0.1) is 5.82 Å². The van der Waals surface area contributed by atoms with E-state index in [-0.39, 0.29) is 18.3 Å². The van der Waals surface area contributed by atoms with Gasteiger partial charge in [-0.05, 0) is 32.0 Å². The molecule has 0 aliphatic rings. The quantitative estimate of drug-likeness (QED) is 0.911. The summed E-state index contributed by atoms with van der Waals surface area (Å²) in [6.07, 6.45) is 1.64. The largest absolute Gasteiger partial charge is 0.362 e. The first-order valence-corrected chi connectivity index (χ1v) is 6.71. The molecule has 4 nitrogen and oxygen atoms in total. The van der Waals surface area contributed by atoms with Crippen LogP contribution in [-0.2, 0) is 4.79 Å². The van der Waals surface area contributed by atoms with Crippen molar-refractivity contribution in [2.45, 2.75) is 13.8 Å². The standard InChI is InChI=1S/C15H18FN3O/c1-3-17-15(20)10-19(4-2)14-7-8-18-13-9-11(16)5-6-12(13)14/h5-9H,3-4,10H2,1-2H3,(H,17,20). The lowest BCUT2D eigenvalue weighted by atomic mass is 10.1. The molecule has 0 saturated heterocycles. The van der Waals surface area contributed by atoms with Crippen LogP contribution in [0.3, 0.4) is 0 Å². The summed E-state index contributed by atoms with van der Waals surface area (Å²) in [6, 6.07) is 6.36. The molecule has 0 spiro atoms. The maximum absolute atomic E-state index is 13.2. The molecule has 0 bridgehead atoms.